The normalized spacial score (nSPS) is 12.5. The molecule has 2 aromatic rings. The smallest absolute Gasteiger partial charge is 0.240 e. The minimum Gasteiger partial charge on any atom is -0.310 e. The molecular formula is C17H25N3O2S2. The maximum atomic E-state index is 12.1. The summed E-state index contributed by atoms with van der Waals surface area (Å²) in [5.41, 5.74) is 1.10. The van der Waals surface area contributed by atoms with Crippen LogP contribution in [-0.2, 0) is 22.0 Å². The van der Waals surface area contributed by atoms with E-state index in [1.165, 1.54) is 0 Å². The Morgan fingerprint density at radius 2 is 1.79 bits per heavy atom. The molecule has 1 aromatic carbocycles. The van der Waals surface area contributed by atoms with Gasteiger partial charge in [0, 0.05) is 36.1 Å². The van der Waals surface area contributed by atoms with Crippen LogP contribution < -0.4 is 10.0 Å². The average Bonchev–Trinajstić information content (AvgIpc) is 2.96. The summed E-state index contributed by atoms with van der Waals surface area (Å²) in [6.45, 7) is 9.96. The van der Waals surface area contributed by atoms with Crippen molar-refractivity contribution < 1.29 is 8.42 Å². The third-order valence-corrected chi connectivity index (χ3v) is 6.32. The molecule has 0 fully saturated rings. The Kier molecular flexibility index (Phi) is 6.14. The lowest BCUT2D eigenvalue weighted by Crippen LogP contribution is -2.31. The van der Waals surface area contributed by atoms with Crippen molar-refractivity contribution in [2.45, 2.75) is 44.6 Å². The van der Waals surface area contributed by atoms with Gasteiger partial charge in [0.25, 0.3) is 0 Å². The Hall–Kier alpha value is -1.28. The standard InChI is InChI=1S/C17H25N3O2S2/c1-13-5-7-15(8-6-13)24(21,22)20-10-9-18-11-14-12-19-16(23-14)17(2,3)4/h5-8,12,18,20H,9-11H2,1-4H3. The van der Waals surface area contributed by atoms with Gasteiger partial charge >= 0.3 is 0 Å². The highest BCUT2D eigenvalue weighted by atomic mass is 32.2. The Bertz CT molecular complexity index is 760. The van der Waals surface area contributed by atoms with Crippen LogP contribution in [-0.4, -0.2) is 26.5 Å². The van der Waals surface area contributed by atoms with Gasteiger partial charge in [-0.15, -0.1) is 11.3 Å². The van der Waals surface area contributed by atoms with E-state index < -0.39 is 10.0 Å². The first-order chi connectivity index (χ1) is 11.2. The zero-order chi connectivity index (χ0) is 17.8. The molecule has 132 valence electrons. The molecule has 0 aliphatic rings. The third kappa shape index (κ3) is 5.37. The molecule has 0 amide bonds. The van der Waals surface area contributed by atoms with E-state index in [2.05, 4.69) is 35.8 Å². The summed E-state index contributed by atoms with van der Waals surface area (Å²) in [6, 6.07) is 6.83. The van der Waals surface area contributed by atoms with Crippen LogP contribution in [0.25, 0.3) is 0 Å². The van der Waals surface area contributed by atoms with E-state index in [1.807, 2.05) is 13.1 Å². The number of hydrogen-bond acceptors (Lipinski definition) is 5. The molecule has 0 bridgehead atoms. The Labute approximate surface area is 148 Å². The van der Waals surface area contributed by atoms with Gasteiger partial charge in [0.2, 0.25) is 10.0 Å². The zero-order valence-corrected chi connectivity index (χ0v) is 16.2. The van der Waals surface area contributed by atoms with E-state index in [0.717, 1.165) is 15.4 Å². The monoisotopic (exact) mass is 367 g/mol. The number of aryl methyl sites for hydroxylation is 1. The largest absolute Gasteiger partial charge is 0.310 e. The molecule has 2 N–H and O–H groups in total. The number of aromatic nitrogens is 1. The summed E-state index contributed by atoms with van der Waals surface area (Å²) in [5, 5.41) is 4.35. The fraction of sp³-hybridized carbons (Fsp3) is 0.471. The summed E-state index contributed by atoms with van der Waals surface area (Å²) in [6.07, 6.45) is 1.88. The SMILES string of the molecule is Cc1ccc(S(=O)(=O)NCCNCc2cnc(C(C)(C)C)s2)cc1. The maximum Gasteiger partial charge on any atom is 0.240 e. The topological polar surface area (TPSA) is 71.1 Å². The molecule has 7 heteroatoms. The molecule has 1 heterocycles. The van der Waals surface area contributed by atoms with Gasteiger partial charge in [-0.2, -0.15) is 0 Å². The molecule has 2 rings (SSSR count). The molecule has 0 saturated carbocycles. The first-order valence-electron chi connectivity index (χ1n) is 7.91. The second kappa shape index (κ2) is 7.74. The van der Waals surface area contributed by atoms with Gasteiger partial charge in [0.15, 0.2) is 0 Å². The molecule has 0 aliphatic heterocycles. The van der Waals surface area contributed by atoms with Crippen LogP contribution in [0.1, 0.15) is 36.2 Å². The fourth-order valence-electron chi connectivity index (χ4n) is 2.02. The highest BCUT2D eigenvalue weighted by Crippen LogP contribution is 2.26. The molecule has 5 nitrogen and oxygen atoms in total. The summed E-state index contributed by atoms with van der Waals surface area (Å²) in [7, 11) is -3.44. The number of nitrogens with one attached hydrogen (secondary N) is 2. The lowest BCUT2D eigenvalue weighted by atomic mass is 9.98. The highest BCUT2D eigenvalue weighted by Gasteiger charge is 2.17. The van der Waals surface area contributed by atoms with Crippen molar-refractivity contribution in [2.75, 3.05) is 13.1 Å². The number of hydrogen-bond donors (Lipinski definition) is 2. The van der Waals surface area contributed by atoms with Crippen LogP contribution >= 0.6 is 11.3 Å². The number of sulfonamides is 1. The molecule has 0 radical (unpaired) electrons. The first kappa shape index (κ1) is 19.1. The molecule has 24 heavy (non-hydrogen) atoms. The van der Waals surface area contributed by atoms with Crippen molar-refractivity contribution in [1.82, 2.24) is 15.0 Å². The maximum absolute atomic E-state index is 12.1. The predicted octanol–water partition coefficient (Wildman–Crippen LogP) is 2.82. The summed E-state index contributed by atoms with van der Waals surface area (Å²) < 4.78 is 26.9. The summed E-state index contributed by atoms with van der Waals surface area (Å²) in [4.78, 5) is 5.89. The van der Waals surface area contributed by atoms with E-state index in [9.17, 15) is 8.42 Å². The van der Waals surface area contributed by atoms with Crippen molar-refractivity contribution in [3.05, 3.63) is 45.9 Å². The van der Waals surface area contributed by atoms with Crippen LogP contribution in [0.15, 0.2) is 35.4 Å². The van der Waals surface area contributed by atoms with Crippen molar-refractivity contribution in [3.63, 3.8) is 0 Å². The minimum absolute atomic E-state index is 0.0621. The van der Waals surface area contributed by atoms with Crippen LogP contribution in [0.3, 0.4) is 0 Å². The molecular weight excluding hydrogens is 342 g/mol. The van der Waals surface area contributed by atoms with Crippen LogP contribution in [0.5, 0.6) is 0 Å². The molecule has 0 unspecified atom stereocenters. The fourth-order valence-corrected chi connectivity index (χ4v) is 3.99. The lowest BCUT2D eigenvalue weighted by Gasteiger charge is -2.13. The molecule has 0 spiro atoms. The van der Waals surface area contributed by atoms with Crippen molar-refractivity contribution in [1.29, 1.82) is 0 Å². The van der Waals surface area contributed by atoms with Gasteiger partial charge in [-0.25, -0.2) is 18.1 Å². The van der Waals surface area contributed by atoms with Gasteiger partial charge in [-0.3, -0.25) is 0 Å². The van der Waals surface area contributed by atoms with Crippen LogP contribution in [0.4, 0.5) is 0 Å². The molecule has 0 aliphatic carbocycles. The number of benzene rings is 1. The molecule has 0 atom stereocenters. The number of nitrogens with zero attached hydrogens (tertiary/aromatic N) is 1. The second-order valence-corrected chi connectivity index (χ2v) is 9.65. The Balaban J connectivity index is 1.77. The van der Waals surface area contributed by atoms with Gasteiger partial charge in [-0.1, -0.05) is 38.5 Å². The average molecular weight is 368 g/mol. The first-order valence-corrected chi connectivity index (χ1v) is 10.2. The van der Waals surface area contributed by atoms with E-state index in [1.54, 1.807) is 35.6 Å². The summed E-state index contributed by atoms with van der Waals surface area (Å²) >= 11 is 1.69. The van der Waals surface area contributed by atoms with Crippen molar-refractivity contribution in [3.8, 4) is 0 Å². The van der Waals surface area contributed by atoms with Crippen LogP contribution in [0.2, 0.25) is 0 Å². The van der Waals surface area contributed by atoms with Crippen molar-refractivity contribution >= 4 is 21.4 Å². The number of thiazole rings is 1. The van der Waals surface area contributed by atoms with Gasteiger partial charge in [0.05, 0.1) is 9.90 Å². The quantitative estimate of drug-likeness (QED) is 0.738. The van der Waals surface area contributed by atoms with E-state index in [4.69, 9.17) is 0 Å². The second-order valence-electron chi connectivity index (χ2n) is 6.77. The van der Waals surface area contributed by atoms with Gasteiger partial charge in [0.1, 0.15) is 0 Å². The molecule has 1 aromatic heterocycles. The van der Waals surface area contributed by atoms with E-state index >= 15 is 0 Å². The summed E-state index contributed by atoms with van der Waals surface area (Å²) in [5.74, 6) is 0. The Morgan fingerprint density at radius 1 is 1.12 bits per heavy atom. The highest BCUT2D eigenvalue weighted by molar-refractivity contribution is 7.89. The predicted molar refractivity (Wildman–Crippen MR) is 98.9 cm³/mol. The Morgan fingerprint density at radius 3 is 2.38 bits per heavy atom. The lowest BCUT2D eigenvalue weighted by molar-refractivity contribution is 0.576. The molecule has 0 saturated heterocycles. The van der Waals surface area contributed by atoms with E-state index in [-0.39, 0.29) is 5.41 Å². The van der Waals surface area contributed by atoms with Gasteiger partial charge in [-0.05, 0) is 19.1 Å². The van der Waals surface area contributed by atoms with Gasteiger partial charge < -0.3 is 5.32 Å². The van der Waals surface area contributed by atoms with Crippen LogP contribution in [0, 0.1) is 6.92 Å². The zero-order valence-electron chi connectivity index (χ0n) is 14.6. The third-order valence-electron chi connectivity index (χ3n) is 3.42. The number of rotatable bonds is 7. The van der Waals surface area contributed by atoms with Crippen molar-refractivity contribution in [2.24, 2.45) is 0 Å². The van der Waals surface area contributed by atoms with E-state index in [0.29, 0.717) is 24.5 Å². The minimum atomic E-state index is -3.44.